The number of halogens is 1. The summed E-state index contributed by atoms with van der Waals surface area (Å²) < 4.78 is 0.839. The van der Waals surface area contributed by atoms with Crippen LogP contribution in [0.15, 0.2) is 46.9 Å². The zero-order valence-corrected chi connectivity index (χ0v) is 18.0. The van der Waals surface area contributed by atoms with Crippen LogP contribution >= 0.6 is 34.7 Å². The lowest BCUT2D eigenvalue weighted by molar-refractivity contribution is 0.453. The van der Waals surface area contributed by atoms with Crippen LogP contribution in [0, 0.1) is 0 Å². The number of rotatable bonds is 5. The van der Waals surface area contributed by atoms with E-state index in [2.05, 4.69) is 45.5 Å². The minimum atomic E-state index is 0.0693. The van der Waals surface area contributed by atoms with Gasteiger partial charge >= 0.3 is 0 Å². The predicted octanol–water partition coefficient (Wildman–Crippen LogP) is 6.57. The van der Waals surface area contributed by atoms with E-state index in [0.29, 0.717) is 5.92 Å². The lowest BCUT2D eigenvalue weighted by Gasteiger charge is -2.10. The van der Waals surface area contributed by atoms with Gasteiger partial charge in [-0.25, -0.2) is 0 Å². The molecule has 0 aliphatic heterocycles. The van der Waals surface area contributed by atoms with Gasteiger partial charge in [0.15, 0.2) is 4.34 Å². The Morgan fingerprint density at radius 2 is 2.14 bits per heavy atom. The molecule has 29 heavy (non-hydrogen) atoms. The molecule has 0 atom stereocenters. The molecule has 1 fully saturated rings. The Hall–Kier alpha value is -2.28. The van der Waals surface area contributed by atoms with Crippen molar-refractivity contribution in [3.05, 3.63) is 69.2 Å². The first-order valence-electron chi connectivity index (χ1n) is 9.31. The number of benzene rings is 2. The van der Waals surface area contributed by atoms with Crippen LogP contribution in [0.3, 0.4) is 0 Å². The summed E-state index contributed by atoms with van der Waals surface area (Å²) in [7, 11) is 0. The fourth-order valence-corrected chi connectivity index (χ4v) is 5.20. The normalized spacial score (nSPS) is 14.6. The maximum Gasteiger partial charge on any atom is 0.231 e. The first-order valence-corrected chi connectivity index (χ1v) is 11.7. The molecule has 2 N–H and O–H groups in total. The van der Waals surface area contributed by atoms with Gasteiger partial charge in [0, 0.05) is 16.0 Å². The van der Waals surface area contributed by atoms with E-state index < -0.39 is 0 Å². The highest BCUT2D eigenvalue weighted by Crippen LogP contribution is 2.45. The molecule has 2 heterocycles. The van der Waals surface area contributed by atoms with Crippen LogP contribution < -0.4 is 0 Å². The zero-order chi connectivity index (χ0) is 20.0. The molecule has 0 bridgehead atoms. The molecule has 4 aromatic rings. The van der Waals surface area contributed by atoms with Crippen LogP contribution in [0.25, 0.3) is 22.6 Å². The number of H-pyrrole nitrogens is 1. The number of hydrogen-bond acceptors (Lipinski definition) is 5. The number of fused-ring (bicyclic) bond motifs is 1. The number of nitrogens with one attached hydrogen (secondary N) is 1. The number of hydrogen-bond donors (Lipinski definition) is 2. The number of thioether (sulfide) groups is 1. The zero-order valence-electron chi connectivity index (χ0n) is 15.6. The van der Waals surface area contributed by atoms with Crippen molar-refractivity contribution < 1.29 is 5.11 Å². The quantitative estimate of drug-likeness (QED) is 0.273. The van der Waals surface area contributed by atoms with Crippen molar-refractivity contribution in [1.82, 2.24) is 15.2 Å². The molecule has 2 aromatic carbocycles. The van der Waals surface area contributed by atoms with Crippen molar-refractivity contribution in [3.63, 3.8) is 0 Å². The fraction of sp³-hybridized carbons (Fsp3) is 0.182. The van der Waals surface area contributed by atoms with Crippen LogP contribution in [-0.2, 0) is 0 Å². The largest absolute Gasteiger partial charge is 0.492 e. The molecule has 0 unspecified atom stereocenters. The van der Waals surface area contributed by atoms with E-state index in [4.69, 9.17) is 11.6 Å². The van der Waals surface area contributed by atoms with E-state index in [1.165, 1.54) is 41.5 Å². The molecule has 0 spiro atoms. The maximum absolute atomic E-state index is 10.6. The summed E-state index contributed by atoms with van der Waals surface area (Å²) in [6, 6.07) is 12.2. The molecule has 1 aliphatic carbocycles. The highest BCUT2D eigenvalue weighted by Gasteiger charge is 2.26. The second-order valence-corrected chi connectivity index (χ2v) is 9.60. The van der Waals surface area contributed by atoms with Crippen LogP contribution in [0.4, 0.5) is 0 Å². The number of nitrogens with zero attached hydrogens (tertiary/aromatic N) is 2. The van der Waals surface area contributed by atoms with Crippen LogP contribution in [0.5, 0.6) is 5.88 Å². The topological polar surface area (TPSA) is 61.8 Å². The molecule has 4 nitrogen and oxygen atoms in total. The Bertz CT molecular complexity index is 1240. The average Bonchev–Trinajstić information content (AvgIpc) is 3.35. The van der Waals surface area contributed by atoms with Gasteiger partial charge in [-0.05, 0) is 72.0 Å². The van der Waals surface area contributed by atoms with Gasteiger partial charge < -0.3 is 5.11 Å². The SMILES string of the molecule is CSc1nc(O)c(C(=Cc2ccc(Cl)cc2C2CC2)c2ccc3[nH]ncc3c2)s1. The molecular weight excluding hydrogens is 422 g/mol. The summed E-state index contributed by atoms with van der Waals surface area (Å²) in [6.45, 7) is 0. The van der Waals surface area contributed by atoms with Crippen molar-refractivity contribution in [2.75, 3.05) is 6.26 Å². The maximum atomic E-state index is 10.6. The number of aromatic hydroxyl groups is 1. The van der Waals surface area contributed by atoms with Gasteiger partial charge in [-0.15, -0.1) is 11.3 Å². The molecule has 2 aromatic heterocycles. The van der Waals surface area contributed by atoms with Gasteiger partial charge in [0.25, 0.3) is 0 Å². The average molecular weight is 440 g/mol. The van der Waals surface area contributed by atoms with Crippen molar-refractivity contribution in [2.24, 2.45) is 0 Å². The third-order valence-electron chi connectivity index (χ3n) is 5.13. The molecule has 0 radical (unpaired) electrons. The van der Waals surface area contributed by atoms with E-state index in [9.17, 15) is 5.11 Å². The highest BCUT2D eigenvalue weighted by molar-refractivity contribution is 8.00. The third-order valence-corrected chi connectivity index (χ3v) is 7.42. The molecule has 1 aliphatic rings. The van der Waals surface area contributed by atoms with Gasteiger partial charge in [0.05, 0.1) is 16.6 Å². The number of aromatic amines is 1. The van der Waals surface area contributed by atoms with E-state index in [1.54, 1.807) is 0 Å². The minimum absolute atomic E-state index is 0.0693. The minimum Gasteiger partial charge on any atom is -0.492 e. The van der Waals surface area contributed by atoms with E-state index in [1.807, 2.05) is 24.6 Å². The lowest BCUT2D eigenvalue weighted by Crippen LogP contribution is -1.90. The summed E-state index contributed by atoms with van der Waals surface area (Å²) in [6.07, 6.45) is 8.32. The molecular formula is C22H18ClN3OS2. The predicted molar refractivity (Wildman–Crippen MR) is 122 cm³/mol. The summed E-state index contributed by atoms with van der Waals surface area (Å²) in [5.74, 6) is 0.634. The first kappa shape index (κ1) is 18.7. The van der Waals surface area contributed by atoms with Crippen molar-refractivity contribution in [1.29, 1.82) is 0 Å². The number of thiazole rings is 1. The Kier molecular flexibility index (Phi) is 4.86. The fourth-order valence-electron chi connectivity index (χ4n) is 3.53. The molecule has 1 saturated carbocycles. The molecule has 7 heteroatoms. The van der Waals surface area contributed by atoms with E-state index in [0.717, 1.165) is 41.8 Å². The molecule has 0 saturated heterocycles. The van der Waals surface area contributed by atoms with Crippen molar-refractivity contribution in [3.8, 4) is 5.88 Å². The molecule has 5 rings (SSSR count). The Labute approximate surface area is 181 Å². The third kappa shape index (κ3) is 3.68. The molecule has 146 valence electrons. The van der Waals surface area contributed by atoms with Crippen LogP contribution in [-0.4, -0.2) is 26.5 Å². The summed E-state index contributed by atoms with van der Waals surface area (Å²) in [4.78, 5) is 5.08. The second-order valence-electron chi connectivity index (χ2n) is 7.11. The van der Waals surface area contributed by atoms with Gasteiger partial charge in [0.1, 0.15) is 0 Å². The second kappa shape index (κ2) is 7.52. The van der Waals surface area contributed by atoms with Crippen LogP contribution in [0.2, 0.25) is 5.02 Å². The lowest BCUT2D eigenvalue weighted by atomic mass is 9.96. The van der Waals surface area contributed by atoms with Crippen LogP contribution in [0.1, 0.15) is 40.3 Å². The summed E-state index contributed by atoms with van der Waals surface area (Å²) in [5.41, 5.74) is 5.36. The van der Waals surface area contributed by atoms with Gasteiger partial charge in [-0.3, -0.25) is 5.10 Å². The summed E-state index contributed by atoms with van der Waals surface area (Å²) >= 11 is 9.32. The molecule has 0 amide bonds. The summed E-state index contributed by atoms with van der Waals surface area (Å²) in [5, 5.41) is 19.5. The van der Waals surface area contributed by atoms with Gasteiger partial charge in [0.2, 0.25) is 5.88 Å². The van der Waals surface area contributed by atoms with Crippen molar-refractivity contribution in [2.45, 2.75) is 23.1 Å². The Balaban J connectivity index is 1.72. The van der Waals surface area contributed by atoms with Gasteiger partial charge in [-0.2, -0.15) is 10.1 Å². The Morgan fingerprint density at radius 3 is 2.90 bits per heavy atom. The Morgan fingerprint density at radius 1 is 1.28 bits per heavy atom. The first-order chi connectivity index (χ1) is 14.1. The standard InChI is InChI=1S/C22H18ClN3OS2/c1-28-22-25-21(27)20(29-22)18(13-5-7-19-15(8-13)11-24-26-19)9-14-4-6-16(23)10-17(14)12-2-3-12/h4-12,27H,2-3H2,1H3,(H,24,26). The number of aromatic nitrogens is 3. The monoisotopic (exact) mass is 439 g/mol. The van der Waals surface area contributed by atoms with Crippen molar-refractivity contribution >= 4 is 57.3 Å². The smallest absolute Gasteiger partial charge is 0.231 e. The van der Waals surface area contributed by atoms with Gasteiger partial charge in [-0.1, -0.05) is 35.5 Å². The van der Waals surface area contributed by atoms with E-state index in [-0.39, 0.29) is 5.88 Å². The highest BCUT2D eigenvalue weighted by atomic mass is 35.5. The van der Waals surface area contributed by atoms with E-state index >= 15 is 0 Å².